The molecule has 1 amide bonds. The third-order valence-electron chi connectivity index (χ3n) is 3.71. The van der Waals surface area contributed by atoms with Crippen molar-refractivity contribution in [3.8, 4) is 0 Å². The van der Waals surface area contributed by atoms with Crippen LogP contribution in [-0.4, -0.2) is 57.9 Å². The van der Waals surface area contributed by atoms with Gasteiger partial charge in [0.25, 0.3) is 5.91 Å². The van der Waals surface area contributed by atoms with Crippen LogP contribution in [0.4, 0.5) is 5.69 Å². The normalized spacial score (nSPS) is 15.9. The number of hydrogen-bond acceptors (Lipinski definition) is 5. The number of carbonyl (C=O) groups is 1. The molecule has 0 aliphatic carbocycles. The van der Waals surface area contributed by atoms with Gasteiger partial charge in [0.05, 0.1) is 11.9 Å². The number of sulfonamides is 1. The molecule has 0 aromatic heterocycles. The maximum Gasteiger partial charge on any atom is 0.260 e. The predicted molar refractivity (Wildman–Crippen MR) is 104 cm³/mol. The summed E-state index contributed by atoms with van der Waals surface area (Å²) >= 11 is 2.14. The number of piperidine rings is 1. The number of carbonyl (C=O) groups excluding carboxylic acids is 1. The molecule has 0 radical (unpaired) electrons. The average Bonchev–Trinajstić information content (AvgIpc) is 2.52. The molecule has 1 fully saturated rings. The zero-order valence-electron chi connectivity index (χ0n) is 13.7. The number of nitrogens with one attached hydrogen (secondary N) is 1. The molecule has 1 saturated heterocycles. The van der Waals surface area contributed by atoms with Crippen molar-refractivity contribution in [1.82, 2.24) is 10.3 Å². The maximum atomic E-state index is 12.1. The van der Waals surface area contributed by atoms with E-state index in [4.69, 9.17) is 0 Å². The van der Waals surface area contributed by atoms with Crippen LogP contribution in [0.3, 0.4) is 0 Å². The monoisotopic (exact) mass is 464 g/mol. The highest BCUT2D eigenvalue weighted by molar-refractivity contribution is 14.1. The Morgan fingerprint density at radius 1 is 1.29 bits per heavy atom. The van der Waals surface area contributed by atoms with Crippen molar-refractivity contribution in [2.45, 2.75) is 12.8 Å². The summed E-state index contributed by atoms with van der Waals surface area (Å²) < 4.78 is 26.1. The van der Waals surface area contributed by atoms with E-state index < -0.39 is 15.9 Å². The van der Waals surface area contributed by atoms with Crippen LogP contribution in [0.25, 0.3) is 0 Å². The summed E-state index contributed by atoms with van der Waals surface area (Å²) in [6.07, 6.45) is 2.70. The quantitative estimate of drug-likeness (QED) is 0.526. The lowest BCUT2D eigenvalue weighted by Crippen LogP contribution is -2.39. The van der Waals surface area contributed by atoms with Gasteiger partial charge in [-0.2, -0.15) is 5.10 Å². The molecule has 1 aromatic rings. The van der Waals surface area contributed by atoms with Crippen LogP contribution in [0.1, 0.15) is 12.8 Å². The molecule has 24 heavy (non-hydrogen) atoms. The number of amides is 1. The number of hydrazone groups is 1. The van der Waals surface area contributed by atoms with E-state index >= 15 is 0 Å². The lowest BCUT2D eigenvalue weighted by atomic mass is 10.1. The number of likely N-dealkylation sites (tertiary alicyclic amines) is 1. The first-order valence-corrected chi connectivity index (χ1v) is 10.4. The number of anilines is 1. The summed E-state index contributed by atoms with van der Waals surface area (Å²) in [7, 11) is -1.52. The minimum absolute atomic E-state index is 0.296. The Hall–Kier alpha value is -1.20. The molecule has 0 spiro atoms. The second kappa shape index (κ2) is 8.26. The van der Waals surface area contributed by atoms with Crippen molar-refractivity contribution in [3.63, 3.8) is 0 Å². The fourth-order valence-electron chi connectivity index (χ4n) is 2.30. The van der Waals surface area contributed by atoms with Gasteiger partial charge < -0.3 is 4.90 Å². The van der Waals surface area contributed by atoms with E-state index in [0.29, 0.717) is 5.69 Å². The van der Waals surface area contributed by atoms with E-state index in [1.807, 2.05) is 7.05 Å². The van der Waals surface area contributed by atoms with Crippen molar-refractivity contribution in [2.75, 3.05) is 37.2 Å². The van der Waals surface area contributed by atoms with Crippen LogP contribution in [0.15, 0.2) is 29.4 Å². The van der Waals surface area contributed by atoms with E-state index in [1.54, 1.807) is 24.3 Å². The Balaban J connectivity index is 2.03. The molecule has 0 saturated carbocycles. The van der Waals surface area contributed by atoms with Gasteiger partial charge >= 0.3 is 0 Å². The van der Waals surface area contributed by atoms with Crippen LogP contribution < -0.4 is 9.73 Å². The first kappa shape index (κ1) is 19.1. The maximum absolute atomic E-state index is 12.1. The molecule has 0 unspecified atom stereocenters. The molecule has 9 heteroatoms. The van der Waals surface area contributed by atoms with Crippen molar-refractivity contribution < 1.29 is 13.2 Å². The minimum atomic E-state index is -3.56. The molecular formula is C15H21IN4O3S. The minimum Gasteiger partial charge on any atom is -0.306 e. The summed E-state index contributed by atoms with van der Waals surface area (Å²) in [4.78, 5) is 14.3. The fourth-order valence-corrected chi connectivity index (χ4v) is 3.52. The van der Waals surface area contributed by atoms with Gasteiger partial charge in [-0.05, 0) is 53.9 Å². The van der Waals surface area contributed by atoms with E-state index in [0.717, 1.165) is 45.8 Å². The molecule has 1 N–H and O–H groups in total. The Bertz CT molecular complexity index is 709. The summed E-state index contributed by atoms with van der Waals surface area (Å²) in [6, 6.07) is 6.95. The van der Waals surface area contributed by atoms with Crippen LogP contribution in [-0.2, 0) is 14.8 Å². The summed E-state index contributed by atoms with van der Waals surface area (Å²) in [5, 5.41) is 4.13. The third-order valence-corrected chi connectivity index (χ3v) is 5.56. The number of benzene rings is 1. The zero-order valence-corrected chi connectivity index (χ0v) is 16.7. The summed E-state index contributed by atoms with van der Waals surface area (Å²) in [5.74, 6) is -0.453. The Kier molecular flexibility index (Phi) is 6.58. The second-order valence-electron chi connectivity index (χ2n) is 5.76. The van der Waals surface area contributed by atoms with E-state index in [2.05, 4.69) is 38.0 Å². The van der Waals surface area contributed by atoms with Crippen LogP contribution in [0, 0.1) is 3.57 Å². The number of hydrogen-bond donors (Lipinski definition) is 1. The zero-order chi connectivity index (χ0) is 17.7. The highest BCUT2D eigenvalue weighted by Crippen LogP contribution is 2.18. The molecule has 2 rings (SSSR count). The number of halogens is 1. The molecule has 7 nitrogen and oxygen atoms in total. The molecule has 0 bridgehead atoms. The molecule has 0 atom stereocenters. The summed E-state index contributed by atoms with van der Waals surface area (Å²) in [6.45, 7) is 1.52. The largest absolute Gasteiger partial charge is 0.306 e. The predicted octanol–water partition coefficient (Wildman–Crippen LogP) is 1.25. The second-order valence-corrected chi connectivity index (χ2v) is 8.91. The highest BCUT2D eigenvalue weighted by atomic mass is 127. The van der Waals surface area contributed by atoms with Crippen molar-refractivity contribution in [3.05, 3.63) is 27.8 Å². The van der Waals surface area contributed by atoms with Gasteiger partial charge in [-0.3, -0.25) is 9.10 Å². The van der Waals surface area contributed by atoms with Gasteiger partial charge in [0.1, 0.15) is 6.54 Å². The van der Waals surface area contributed by atoms with Crippen LogP contribution >= 0.6 is 22.6 Å². The molecule has 1 aromatic carbocycles. The van der Waals surface area contributed by atoms with Crippen molar-refractivity contribution in [2.24, 2.45) is 5.10 Å². The standard InChI is InChI=1S/C15H21IN4O3S/c1-19-9-7-13(8-10-19)17-18-15(21)11-20(24(2,22)23)14-5-3-12(16)4-6-14/h3-6H,7-11H2,1-2H3,(H,18,21). The van der Waals surface area contributed by atoms with Gasteiger partial charge in [-0.1, -0.05) is 0 Å². The molecular weight excluding hydrogens is 443 g/mol. The molecule has 132 valence electrons. The Labute approximate surface area is 156 Å². The summed E-state index contributed by atoms with van der Waals surface area (Å²) in [5.41, 5.74) is 3.86. The molecule has 1 aliphatic heterocycles. The lowest BCUT2D eigenvalue weighted by Gasteiger charge is -2.23. The topological polar surface area (TPSA) is 82.1 Å². The van der Waals surface area contributed by atoms with Crippen molar-refractivity contribution in [1.29, 1.82) is 0 Å². The van der Waals surface area contributed by atoms with E-state index in [1.165, 1.54) is 0 Å². The molecule has 1 heterocycles. The SMILES string of the molecule is CN1CCC(=NNC(=O)CN(c2ccc(I)cc2)S(C)(=O)=O)CC1. The highest BCUT2D eigenvalue weighted by Gasteiger charge is 2.21. The van der Waals surface area contributed by atoms with Crippen molar-refractivity contribution >= 4 is 49.9 Å². The van der Waals surface area contributed by atoms with Gasteiger partial charge in [-0.15, -0.1) is 0 Å². The Morgan fingerprint density at radius 3 is 2.42 bits per heavy atom. The average molecular weight is 464 g/mol. The molecule has 1 aliphatic rings. The van der Waals surface area contributed by atoms with Gasteiger partial charge in [0.2, 0.25) is 10.0 Å². The lowest BCUT2D eigenvalue weighted by molar-refractivity contribution is -0.119. The van der Waals surface area contributed by atoms with Crippen LogP contribution in [0.2, 0.25) is 0 Å². The van der Waals surface area contributed by atoms with E-state index in [-0.39, 0.29) is 6.54 Å². The van der Waals surface area contributed by atoms with Gasteiger partial charge in [-0.25, -0.2) is 13.8 Å². The van der Waals surface area contributed by atoms with Gasteiger partial charge in [0.15, 0.2) is 0 Å². The number of rotatable bonds is 5. The first-order chi connectivity index (χ1) is 11.3. The van der Waals surface area contributed by atoms with E-state index in [9.17, 15) is 13.2 Å². The van der Waals surface area contributed by atoms with Gasteiger partial charge in [0, 0.05) is 35.2 Å². The fraction of sp³-hybridized carbons (Fsp3) is 0.467. The van der Waals surface area contributed by atoms with Crippen LogP contribution in [0.5, 0.6) is 0 Å². The number of nitrogens with zero attached hydrogens (tertiary/aromatic N) is 3. The smallest absolute Gasteiger partial charge is 0.260 e. The third kappa shape index (κ3) is 5.71. The first-order valence-electron chi connectivity index (χ1n) is 7.52. The Morgan fingerprint density at radius 2 is 1.88 bits per heavy atom.